The van der Waals surface area contributed by atoms with Crippen molar-refractivity contribution in [3.05, 3.63) is 58.7 Å². The fourth-order valence-corrected chi connectivity index (χ4v) is 4.75. The molecule has 1 amide bonds. The van der Waals surface area contributed by atoms with E-state index in [2.05, 4.69) is 20.9 Å². The van der Waals surface area contributed by atoms with E-state index in [9.17, 15) is 14.4 Å². The summed E-state index contributed by atoms with van der Waals surface area (Å²) in [6, 6.07) is 13.6. The van der Waals surface area contributed by atoms with Crippen molar-refractivity contribution in [2.75, 3.05) is 17.2 Å². The van der Waals surface area contributed by atoms with Gasteiger partial charge in [-0.05, 0) is 49.4 Å². The van der Waals surface area contributed by atoms with Crippen LogP contribution in [0.5, 0.6) is 0 Å². The number of carbonyl (C=O) groups is 1. The van der Waals surface area contributed by atoms with Crippen LogP contribution in [0.15, 0.2) is 42.5 Å². The van der Waals surface area contributed by atoms with Crippen molar-refractivity contribution in [3.63, 3.8) is 0 Å². The minimum Gasteiger partial charge on any atom is -0.381 e. The molecule has 2 aromatic heterocycles. The number of thiophene rings is 1. The molecule has 0 bridgehead atoms. The van der Waals surface area contributed by atoms with Crippen LogP contribution in [0.3, 0.4) is 0 Å². The molecule has 2 aromatic carbocycles. The van der Waals surface area contributed by atoms with Gasteiger partial charge in [0.1, 0.15) is 22.6 Å². The third-order valence-electron chi connectivity index (χ3n) is 5.06. The van der Waals surface area contributed by atoms with E-state index in [0.717, 1.165) is 26.7 Å². The van der Waals surface area contributed by atoms with Crippen molar-refractivity contribution >= 4 is 55.4 Å². The average Bonchev–Trinajstić information content (AvgIpc) is 3.05. The Hall–Kier alpha value is -3.70. The molecule has 0 radical (unpaired) electrons. The second-order valence-electron chi connectivity index (χ2n) is 7.19. The lowest BCUT2D eigenvalue weighted by Crippen LogP contribution is -2.34. The molecule has 5 rings (SSSR count). The summed E-state index contributed by atoms with van der Waals surface area (Å²) in [5.41, 5.74) is 2.27. The maximum Gasteiger partial charge on any atom is 0.263 e. The Bertz CT molecular complexity index is 1370. The number of carbonyl (C=O) groups excluding carboxylic acids is 1. The van der Waals surface area contributed by atoms with Crippen LogP contribution in [0.25, 0.3) is 21.0 Å². The highest BCUT2D eigenvalue weighted by molar-refractivity contribution is 7.21. The summed E-state index contributed by atoms with van der Waals surface area (Å²) in [4.78, 5) is 17.9. The van der Waals surface area contributed by atoms with Crippen molar-refractivity contribution in [3.8, 4) is 6.07 Å². The Morgan fingerprint density at radius 1 is 1.27 bits per heavy atom. The summed E-state index contributed by atoms with van der Waals surface area (Å²) >= 11 is 1.46. The van der Waals surface area contributed by atoms with Crippen LogP contribution in [0, 0.1) is 17.1 Å². The van der Waals surface area contributed by atoms with E-state index in [4.69, 9.17) is 0 Å². The number of pyridine rings is 1. The normalized spacial score (nSPS) is 15.8. The zero-order chi connectivity index (χ0) is 20.8. The topological polar surface area (TPSA) is 89.8 Å². The van der Waals surface area contributed by atoms with Crippen molar-refractivity contribution in [2.45, 2.75) is 13.0 Å². The maximum atomic E-state index is 13.6. The molecule has 0 unspecified atom stereocenters. The van der Waals surface area contributed by atoms with Crippen molar-refractivity contribution in [1.82, 2.24) is 10.3 Å². The zero-order valence-electron chi connectivity index (χ0n) is 15.9. The van der Waals surface area contributed by atoms with Gasteiger partial charge in [-0.2, -0.15) is 5.26 Å². The van der Waals surface area contributed by atoms with Crippen molar-refractivity contribution in [1.29, 1.82) is 5.26 Å². The predicted molar refractivity (Wildman–Crippen MR) is 117 cm³/mol. The third-order valence-corrected chi connectivity index (χ3v) is 6.21. The monoisotopic (exact) mass is 417 g/mol. The average molecular weight is 417 g/mol. The Morgan fingerprint density at radius 3 is 2.97 bits per heavy atom. The number of amides is 1. The fourth-order valence-electron chi connectivity index (χ4n) is 3.65. The summed E-state index contributed by atoms with van der Waals surface area (Å²) in [6.07, 6.45) is 0. The lowest BCUT2D eigenvalue weighted by atomic mass is 10.1. The third kappa shape index (κ3) is 3.00. The molecule has 1 atom stereocenters. The van der Waals surface area contributed by atoms with E-state index >= 15 is 0 Å². The number of hydrogen-bond donors (Lipinski definition) is 3. The van der Waals surface area contributed by atoms with Gasteiger partial charge < -0.3 is 16.0 Å². The van der Waals surface area contributed by atoms with Gasteiger partial charge in [0, 0.05) is 28.1 Å². The van der Waals surface area contributed by atoms with Gasteiger partial charge in [-0.3, -0.25) is 4.79 Å². The second kappa shape index (κ2) is 6.97. The molecular weight excluding hydrogens is 401 g/mol. The molecular formula is C22H16FN5OS. The molecule has 6 nitrogen and oxygen atoms in total. The number of anilines is 3. The summed E-state index contributed by atoms with van der Waals surface area (Å²) < 4.78 is 14.6. The molecule has 0 spiro atoms. The van der Waals surface area contributed by atoms with Gasteiger partial charge in [-0.15, -0.1) is 11.3 Å². The van der Waals surface area contributed by atoms with Crippen LogP contribution < -0.4 is 16.0 Å². The highest BCUT2D eigenvalue weighted by Gasteiger charge is 2.24. The number of hydrogen-bond acceptors (Lipinski definition) is 6. The molecule has 0 saturated heterocycles. The molecule has 4 aromatic rings. The number of nitrogens with zero attached hydrogens (tertiary/aromatic N) is 2. The zero-order valence-corrected chi connectivity index (χ0v) is 16.7. The standard InChI is InChI=1S/C22H16FN5OS/c1-11-10-25-20-19-14-4-7-18(28-16-8-13(23)3-2-12(16)9-24)27-15(14)5-6-17(19)30-21(20)22(29)26-11/h2-8,11,25H,10H2,1H3,(H,26,29)(H,27,28)/t11-/m0/s1. The highest BCUT2D eigenvalue weighted by atomic mass is 32.1. The molecule has 8 heteroatoms. The van der Waals surface area contributed by atoms with Gasteiger partial charge in [-0.25, -0.2) is 9.37 Å². The Morgan fingerprint density at radius 2 is 2.13 bits per heavy atom. The van der Waals surface area contributed by atoms with Gasteiger partial charge in [0.05, 0.1) is 22.5 Å². The first-order valence-electron chi connectivity index (χ1n) is 9.41. The molecule has 3 N–H and O–H groups in total. The van der Waals surface area contributed by atoms with Gasteiger partial charge in [0.25, 0.3) is 5.91 Å². The molecule has 0 saturated carbocycles. The summed E-state index contributed by atoms with van der Waals surface area (Å²) in [5.74, 6) is 0.00127. The highest BCUT2D eigenvalue weighted by Crippen LogP contribution is 2.41. The second-order valence-corrected chi connectivity index (χ2v) is 8.24. The number of halogens is 1. The first-order valence-corrected chi connectivity index (χ1v) is 10.2. The predicted octanol–water partition coefficient (Wildman–Crippen LogP) is 4.75. The fraction of sp³-hybridized carbons (Fsp3) is 0.136. The summed E-state index contributed by atoms with van der Waals surface area (Å²) in [7, 11) is 0. The first-order chi connectivity index (χ1) is 14.5. The lowest BCUT2D eigenvalue weighted by molar-refractivity contribution is 0.0949. The number of fused-ring (bicyclic) bond motifs is 5. The van der Waals surface area contributed by atoms with Crippen LogP contribution in [0.2, 0.25) is 0 Å². The molecule has 0 aliphatic carbocycles. The first kappa shape index (κ1) is 18.3. The van der Waals surface area contributed by atoms with Crippen LogP contribution in [-0.2, 0) is 0 Å². The number of rotatable bonds is 2. The van der Waals surface area contributed by atoms with Crippen LogP contribution in [0.4, 0.5) is 21.6 Å². The van der Waals surface area contributed by atoms with Gasteiger partial charge in [0.2, 0.25) is 0 Å². The smallest absolute Gasteiger partial charge is 0.263 e. The van der Waals surface area contributed by atoms with E-state index < -0.39 is 5.82 Å². The SMILES string of the molecule is C[C@H]1CNc2c(sc3ccc4nc(Nc5cc(F)ccc5C#N)ccc4c23)C(=O)N1. The van der Waals surface area contributed by atoms with E-state index in [1.807, 2.05) is 31.2 Å². The van der Waals surface area contributed by atoms with Crippen LogP contribution >= 0.6 is 11.3 Å². The lowest BCUT2D eigenvalue weighted by Gasteiger charge is -2.11. The minimum atomic E-state index is -0.432. The molecule has 3 heterocycles. The number of benzene rings is 2. The molecule has 30 heavy (non-hydrogen) atoms. The summed E-state index contributed by atoms with van der Waals surface area (Å²) in [5, 5.41) is 20.6. The summed E-state index contributed by atoms with van der Waals surface area (Å²) in [6.45, 7) is 2.60. The molecule has 148 valence electrons. The van der Waals surface area contributed by atoms with Crippen LogP contribution in [0.1, 0.15) is 22.2 Å². The van der Waals surface area contributed by atoms with Gasteiger partial charge in [-0.1, -0.05) is 0 Å². The number of nitriles is 1. The number of nitrogens with one attached hydrogen (secondary N) is 3. The van der Waals surface area contributed by atoms with E-state index in [1.54, 1.807) is 6.07 Å². The van der Waals surface area contributed by atoms with Crippen LogP contribution in [-0.4, -0.2) is 23.5 Å². The van der Waals surface area contributed by atoms with E-state index in [-0.39, 0.29) is 11.9 Å². The molecule has 1 aliphatic heterocycles. The van der Waals surface area contributed by atoms with Crippen molar-refractivity contribution < 1.29 is 9.18 Å². The van der Waals surface area contributed by atoms with Gasteiger partial charge in [0.15, 0.2) is 0 Å². The Kier molecular flexibility index (Phi) is 4.26. The van der Waals surface area contributed by atoms with E-state index in [1.165, 1.54) is 29.5 Å². The quantitative estimate of drug-likeness (QED) is 0.438. The van der Waals surface area contributed by atoms with Gasteiger partial charge >= 0.3 is 0 Å². The number of aromatic nitrogens is 1. The Labute approximate surface area is 175 Å². The maximum absolute atomic E-state index is 13.6. The Balaban J connectivity index is 1.62. The molecule has 1 aliphatic rings. The largest absolute Gasteiger partial charge is 0.381 e. The van der Waals surface area contributed by atoms with E-state index in [0.29, 0.717) is 28.5 Å². The minimum absolute atomic E-state index is 0.0386. The van der Waals surface area contributed by atoms with Crippen molar-refractivity contribution in [2.24, 2.45) is 0 Å². The molecule has 0 fully saturated rings.